The number of nitrogens with zero attached hydrogens (tertiary/aromatic N) is 3. The van der Waals surface area contributed by atoms with Gasteiger partial charge in [-0.1, -0.05) is 0 Å². The molecule has 0 bridgehead atoms. The molecule has 1 unspecified atom stereocenters. The summed E-state index contributed by atoms with van der Waals surface area (Å²) in [6.45, 7) is 0.829. The van der Waals surface area contributed by atoms with E-state index >= 15 is 0 Å². The zero-order valence-corrected chi connectivity index (χ0v) is 7.62. The summed E-state index contributed by atoms with van der Waals surface area (Å²) in [5, 5.41) is 15.2. The fraction of sp³-hybridized carbons (Fsp3) is 0.375. The SMILES string of the molecule is CC(Oc1nnccc1C#N)C(F)(F)F. The second-order valence-electron chi connectivity index (χ2n) is 2.66. The molecule has 0 aromatic carbocycles. The van der Waals surface area contributed by atoms with Crippen molar-refractivity contribution >= 4 is 0 Å². The number of hydrogen-bond acceptors (Lipinski definition) is 4. The van der Waals surface area contributed by atoms with Crippen LogP contribution in [0.3, 0.4) is 0 Å². The summed E-state index contributed by atoms with van der Waals surface area (Å²) in [5.41, 5.74) is -0.0823. The van der Waals surface area contributed by atoms with Gasteiger partial charge in [0.05, 0.1) is 6.20 Å². The molecule has 0 amide bonds. The Morgan fingerprint density at radius 2 is 2.20 bits per heavy atom. The molecular formula is C8H6F3N3O. The fourth-order valence-electron chi connectivity index (χ4n) is 0.725. The van der Waals surface area contributed by atoms with Crippen LogP contribution in [0.4, 0.5) is 13.2 Å². The Hall–Kier alpha value is -1.84. The van der Waals surface area contributed by atoms with Crippen LogP contribution in [-0.4, -0.2) is 22.5 Å². The minimum absolute atomic E-state index is 0.0823. The highest BCUT2D eigenvalue weighted by Crippen LogP contribution is 2.24. The average Bonchev–Trinajstić information content (AvgIpc) is 2.17. The maximum atomic E-state index is 12.1. The number of aromatic nitrogens is 2. The summed E-state index contributed by atoms with van der Waals surface area (Å²) in [4.78, 5) is 0. The first-order chi connectivity index (χ1) is 6.95. The summed E-state index contributed by atoms with van der Waals surface area (Å²) < 4.78 is 40.8. The third kappa shape index (κ3) is 2.80. The predicted octanol–water partition coefficient (Wildman–Crippen LogP) is 1.68. The van der Waals surface area contributed by atoms with Crippen molar-refractivity contribution in [2.75, 3.05) is 0 Å². The molecule has 1 heterocycles. The molecule has 0 radical (unpaired) electrons. The summed E-state index contributed by atoms with van der Waals surface area (Å²) >= 11 is 0. The van der Waals surface area contributed by atoms with Crippen LogP contribution in [0, 0.1) is 11.3 Å². The van der Waals surface area contributed by atoms with Crippen LogP contribution in [0.25, 0.3) is 0 Å². The molecule has 0 aliphatic heterocycles. The second kappa shape index (κ2) is 4.13. The lowest BCUT2D eigenvalue weighted by molar-refractivity contribution is -0.190. The van der Waals surface area contributed by atoms with Crippen molar-refractivity contribution in [3.05, 3.63) is 17.8 Å². The number of nitriles is 1. The summed E-state index contributed by atoms with van der Waals surface area (Å²) in [7, 11) is 0. The van der Waals surface area contributed by atoms with Crippen molar-refractivity contribution in [1.29, 1.82) is 5.26 Å². The molecule has 1 atom stereocenters. The van der Waals surface area contributed by atoms with Crippen molar-refractivity contribution in [3.8, 4) is 11.9 Å². The molecular weight excluding hydrogens is 211 g/mol. The minimum atomic E-state index is -4.50. The van der Waals surface area contributed by atoms with Gasteiger partial charge in [-0.15, -0.1) is 5.10 Å². The zero-order chi connectivity index (χ0) is 11.5. The lowest BCUT2D eigenvalue weighted by Crippen LogP contribution is -2.31. The average molecular weight is 217 g/mol. The molecule has 0 N–H and O–H groups in total. The number of rotatable bonds is 2. The van der Waals surface area contributed by atoms with Crippen molar-refractivity contribution in [2.45, 2.75) is 19.2 Å². The summed E-state index contributed by atoms with van der Waals surface area (Å²) in [5.74, 6) is -0.412. The molecule has 4 nitrogen and oxygen atoms in total. The predicted molar refractivity (Wildman–Crippen MR) is 42.9 cm³/mol. The van der Waals surface area contributed by atoms with E-state index in [0.29, 0.717) is 0 Å². The zero-order valence-electron chi connectivity index (χ0n) is 7.62. The van der Waals surface area contributed by atoms with E-state index in [1.54, 1.807) is 6.07 Å². The van der Waals surface area contributed by atoms with Gasteiger partial charge in [0.15, 0.2) is 6.10 Å². The molecule has 0 aliphatic carbocycles. The van der Waals surface area contributed by atoms with Crippen LogP contribution in [0.1, 0.15) is 12.5 Å². The second-order valence-corrected chi connectivity index (χ2v) is 2.66. The standard InChI is InChI=1S/C8H6F3N3O/c1-5(8(9,10)11)15-7-6(4-12)2-3-13-14-7/h2-3,5H,1H3. The molecule has 0 aliphatic rings. The molecule has 1 aromatic rings. The Kier molecular flexibility index (Phi) is 3.09. The quantitative estimate of drug-likeness (QED) is 0.756. The van der Waals surface area contributed by atoms with E-state index in [2.05, 4.69) is 14.9 Å². The monoisotopic (exact) mass is 217 g/mol. The van der Waals surface area contributed by atoms with Gasteiger partial charge in [0.2, 0.25) is 0 Å². The van der Waals surface area contributed by atoms with Crippen LogP contribution in [0.5, 0.6) is 5.88 Å². The van der Waals surface area contributed by atoms with Crippen LogP contribution in [0.15, 0.2) is 12.3 Å². The Morgan fingerprint density at radius 3 is 2.73 bits per heavy atom. The van der Waals surface area contributed by atoms with E-state index in [9.17, 15) is 13.2 Å². The van der Waals surface area contributed by atoms with Gasteiger partial charge in [-0.2, -0.15) is 23.5 Å². The number of alkyl halides is 3. The molecule has 1 rings (SSSR count). The van der Waals surface area contributed by atoms with Crippen LogP contribution in [-0.2, 0) is 0 Å². The summed E-state index contributed by atoms with van der Waals surface area (Å²) in [6.07, 6.45) is -5.32. The van der Waals surface area contributed by atoms with Gasteiger partial charge in [-0.25, -0.2) is 0 Å². The molecule has 80 valence electrons. The van der Waals surface area contributed by atoms with Gasteiger partial charge in [0.1, 0.15) is 11.6 Å². The van der Waals surface area contributed by atoms with E-state index in [1.165, 1.54) is 12.3 Å². The number of halogens is 3. The van der Waals surface area contributed by atoms with Gasteiger partial charge >= 0.3 is 6.18 Å². The highest BCUT2D eigenvalue weighted by molar-refractivity contribution is 5.35. The minimum Gasteiger partial charge on any atom is -0.463 e. The third-order valence-electron chi connectivity index (χ3n) is 1.56. The van der Waals surface area contributed by atoms with Gasteiger partial charge in [0, 0.05) is 0 Å². The molecule has 0 saturated heterocycles. The molecule has 1 aromatic heterocycles. The van der Waals surface area contributed by atoms with Crippen LogP contribution < -0.4 is 4.74 Å². The van der Waals surface area contributed by atoms with Gasteiger partial charge in [-0.3, -0.25) is 0 Å². The highest BCUT2D eigenvalue weighted by atomic mass is 19.4. The van der Waals surface area contributed by atoms with E-state index < -0.39 is 18.2 Å². The Morgan fingerprint density at radius 1 is 1.53 bits per heavy atom. The van der Waals surface area contributed by atoms with E-state index in [-0.39, 0.29) is 5.56 Å². The van der Waals surface area contributed by atoms with Crippen LogP contribution in [0.2, 0.25) is 0 Å². The van der Waals surface area contributed by atoms with Gasteiger partial charge < -0.3 is 4.74 Å². The third-order valence-corrected chi connectivity index (χ3v) is 1.56. The lowest BCUT2D eigenvalue weighted by atomic mass is 10.3. The molecule has 7 heteroatoms. The number of ether oxygens (including phenoxy) is 1. The first-order valence-electron chi connectivity index (χ1n) is 3.90. The molecule has 0 fully saturated rings. The fourth-order valence-corrected chi connectivity index (χ4v) is 0.725. The molecule has 15 heavy (non-hydrogen) atoms. The van der Waals surface area contributed by atoms with Gasteiger partial charge in [-0.05, 0) is 13.0 Å². The normalized spacial score (nSPS) is 13.0. The van der Waals surface area contributed by atoms with E-state index in [1.807, 2.05) is 0 Å². The topological polar surface area (TPSA) is 58.8 Å². The maximum Gasteiger partial charge on any atom is 0.425 e. The first kappa shape index (κ1) is 11.2. The Balaban J connectivity index is 2.86. The molecule has 0 saturated carbocycles. The van der Waals surface area contributed by atoms with Crippen molar-refractivity contribution in [2.24, 2.45) is 0 Å². The highest BCUT2D eigenvalue weighted by Gasteiger charge is 2.38. The Labute approximate surface area is 83.3 Å². The summed E-state index contributed by atoms with van der Waals surface area (Å²) in [6, 6.07) is 2.89. The van der Waals surface area contributed by atoms with Crippen LogP contribution >= 0.6 is 0 Å². The maximum absolute atomic E-state index is 12.1. The smallest absolute Gasteiger partial charge is 0.425 e. The van der Waals surface area contributed by atoms with Crippen molar-refractivity contribution in [3.63, 3.8) is 0 Å². The number of hydrogen-bond donors (Lipinski definition) is 0. The van der Waals surface area contributed by atoms with E-state index in [4.69, 9.17) is 5.26 Å². The largest absolute Gasteiger partial charge is 0.463 e. The van der Waals surface area contributed by atoms with E-state index in [0.717, 1.165) is 6.92 Å². The first-order valence-corrected chi connectivity index (χ1v) is 3.90. The molecule has 0 spiro atoms. The van der Waals surface area contributed by atoms with Crippen molar-refractivity contribution < 1.29 is 17.9 Å². The Bertz CT molecular complexity index is 385. The van der Waals surface area contributed by atoms with Crippen molar-refractivity contribution in [1.82, 2.24) is 10.2 Å². The lowest BCUT2D eigenvalue weighted by Gasteiger charge is -2.16. The van der Waals surface area contributed by atoms with Gasteiger partial charge in [0.25, 0.3) is 5.88 Å².